The largest absolute Gasteiger partial charge is 0.329 e. The van der Waals surface area contributed by atoms with Gasteiger partial charge in [0, 0.05) is 28.6 Å². The molecular weight excluding hydrogens is 448 g/mol. The number of halogens is 1. The van der Waals surface area contributed by atoms with Crippen molar-refractivity contribution >= 4 is 29.2 Å². The molecule has 0 fully saturated rings. The van der Waals surface area contributed by atoms with Gasteiger partial charge >= 0.3 is 0 Å². The normalized spacial score (nSPS) is 11.4. The van der Waals surface area contributed by atoms with Crippen LogP contribution in [0.4, 0.5) is 5.82 Å². The van der Waals surface area contributed by atoms with E-state index in [0.29, 0.717) is 22.9 Å². The fourth-order valence-electron chi connectivity index (χ4n) is 3.58. The second-order valence-electron chi connectivity index (χ2n) is 9.50. The highest BCUT2D eigenvalue weighted by molar-refractivity contribution is 6.31. The molecule has 1 heterocycles. The molecule has 0 aliphatic carbocycles. The summed E-state index contributed by atoms with van der Waals surface area (Å²) in [6.45, 7) is 10.7. The third-order valence-corrected chi connectivity index (χ3v) is 5.80. The van der Waals surface area contributed by atoms with Crippen LogP contribution in [-0.4, -0.2) is 39.6 Å². The van der Waals surface area contributed by atoms with Gasteiger partial charge in [0.1, 0.15) is 12.4 Å². The summed E-state index contributed by atoms with van der Waals surface area (Å²) in [5.74, 6) is 0.0884. The van der Waals surface area contributed by atoms with Gasteiger partial charge in [-0.2, -0.15) is 5.10 Å². The highest BCUT2D eigenvalue weighted by atomic mass is 35.5. The Bertz CT molecular complexity index is 1160. The Hall–Kier alpha value is -3.12. The first-order valence-electron chi connectivity index (χ1n) is 11.6. The van der Waals surface area contributed by atoms with Crippen molar-refractivity contribution in [3.8, 4) is 5.69 Å². The molecule has 3 aromatic rings. The molecule has 1 N–H and O–H groups in total. The number of nitrogens with zero attached hydrogens (tertiary/aromatic N) is 3. The van der Waals surface area contributed by atoms with Crippen LogP contribution in [0.2, 0.25) is 5.02 Å². The Labute approximate surface area is 206 Å². The van der Waals surface area contributed by atoms with E-state index in [-0.39, 0.29) is 23.8 Å². The highest BCUT2D eigenvalue weighted by Gasteiger charge is 2.24. The molecule has 2 aromatic carbocycles. The molecule has 0 aliphatic heterocycles. The molecule has 1 aromatic heterocycles. The topological polar surface area (TPSA) is 67.2 Å². The lowest BCUT2D eigenvalue weighted by atomic mass is 9.92. The number of carbonyl (C=O) groups is 2. The maximum Gasteiger partial charge on any atom is 0.254 e. The van der Waals surface area contributed by atoms with Gasteiger partial charge in [-0.1, -0.05) is 70.0 Å². The van der Waals surface area contributed by atoms with Gasteiger partial charge in [0.05, 0.1) is 11.4 Å². The van der Waals surface area contributed by atoms with E-state index < -0.39 is 0 Å². The van der Waals surface area contributed by atoms with Crippen molar-refractivity contribution in [1.82, 2.24) is 14.7 Å². The van der Waals surface area contributed by atoms with Crippen LogP contribution in [0, 0.1) is 6.92 Å². The van der Waals surface area contributed by atoms with Gasteiger partial charge in [-0.3, -0.25) is 9.59 Å². The lowest BCUT2D eigenvalue weighted by Crippen LogP contribution is -2.39. The molecule has 0 atom stereocenters. The van der Waals surface area contributed by atoms with Gasteiger partial charge in [0.2, 0.25) is 5.91 Å². The van der Waals surface area contributed by atoms with Crippen LogP contribution in [0.5, 0.6) is 0 Å². The van der Waals surface area contributed by atoms with E-state index >= 15 is 0 Å². The average molecular weight is 481 g/mol. The highest BCUT2D eigenvalue weighted by Crippen LogP contribution is 2.27. The Morgan fingerprint density at radius 3 is 2.47 bits per heavy atom. The predicted octanol–water partition coefficient (Wildman–Crippen LogP) is 6.01. The molecule has 7 heteroatoms. The number of unbranched alkanes of at least 4 members (excludes halogenated alkanes) is 1. The van der Waals surface area contributed by atoms with Gasteiger partial charge in [-0.15, -0.1) is 0 Å². The molecular formula is C27H33ClN4O2. The van der Waals surface area contributed by atoms with Crippen molar-refractivity contribution in [3.63, 3.8) is 0 Å². The molecule has 6 nitrogen and oxygen atoms in total. The van der Waals surface area contributed by atoms with Crippen LogP contribution in [0.1, 0.15) is 62.2 Å². The van der Waals surface area contributed by atoms with Crippen molar-refractivity contribution in [1.29, 1.82) is 0 Å². The molecule has 0 unspecified atom stereocenters. The molecule has 0 spiro atoms. The number of hydrogen-bond acceptors (Lipinski definition) is 3. The van der Waals surface area contributed by atoms with Crippen LogP contribution < -0.4 is 5.32 Å². The lowest BCUT2D eigenvalue weighted by molar-refractivity contribution is -0.117. The van der Waals surface area contributed by atoms with Crippen LogP contribution in [0.15, 0.2) is 54.6 Å². The summed E-state index contributed by atoms with van der Waals surface area (Å²) < 4.78 is 1.77. The number of carbonyl (C=O) groups excluding carboxylic acids is 2. The third kappa shape index (κ3) is 6.26. The molecule has 0 saturated carbocycles. The van der Waals surface area contributed by atoms with Crippen molar-refractivity contribution in [3.05, 3.63) is 76.4 Å². The average Bonchev–Trinajstić information content (AvgIpc) is 3.20. The van der Waals surface area contributed by atoms with Crippen molar-refractivity contribution in [2.75, 3.05) is 18.4 Å². The predicted molar refractivity (Wildman–Crippen MR) is 138 cm³/mol. The first-order chi connectivity index (χ1) is 16.1. The maximum absolute atomic E-state index is 13.1. The van der Waals surface area contributed by atoms with Crippen molar-refractivity contribution in [2.24, 2.45) is 0 Å². The quantitative estimate of drug-likeness (QED) is 0.429. The number of para-hydroxylation sites is 1. The smallest absolute Gasteiger partial charge is 0.254 e. The number of aromatic nitrogens is 2. The number of rotatable bonds is 8. The summed E-state index contributed by atoms with van der Waals surface area (Å²) in [6, 6.07) is 16.6. The van der Waals surface area contributed by atoms with E-state index in [2.05, 4.69) is 33.0 Å². The zero-order chi connectivity index (χ0) is 24.9. The summed E-state index contributed by atoms with van der Waals surface area (Å²) >= 11 is 6.08. The zero-order valence-electron chi connectivity index (χ0n) is 20.6. The van der Waals surface area contributed by atoms with Gasteiger partial charge < -0.3 is 10.2 Å². The SMILES string of the molecule is CCCCN(CC(=O)Nc1cc(C(C)(C)C)nn1-c1ccccc1C)C(=O)c1cccc(Cl)c1. The second kappa shape index (κ2) is 10.9. The first kappa shape index (κ1) is 25.5. The minimum atomic E-state index is -0.276. The van der Waals surface area contributed by atoms with Crippen LogP contribution in [-0.2, 0) is 10.2 Å². The summed E-state index contributed by atoms with van der Waals surface area (Å²) in [7, 11) is 0. The van der Waals surface area contributed by atoms with E-state index in [1.54, 1.807) is 33.8 Å². The molecule has 3 rings (SSSR count). The number of benzene rings is 2. The minimum Gasteiger partial charge on any atom is -0.329 e. The van der Waals surface area contributed by atoms with E-state index in [9.17, 15) is 9.59 Å². The van der Waals surface area contributed by atoms with E-state index in [4.69, 9.17) is 16.7 Å². The summed E-state index contributed by atoms with van der Waals surface area (Å²) in [5, 5.41) is 8.28. The van der Waals surface area contributed by atoms with Crippen LogP contribution in [0.3, 0.4) is 0 Å². The van der Waals surface area contributed by atoms with Crippen LogP contribution >= 0.6 is 11.6 Å². The fraction of sp³-hybridized carbons (Fsp3) is 0.370. The number of hydrogen-bond donors (Lipinski definition) is 1. The number of nitrogens with one attached hydrogen (secondary N) is 1. The minimum absolute atomic E-state index is 0.0604. The van der Waals surface area contributed by atoms with Crippen molar-refractivity contribution < 1.29 is 9.59 Å². The van der Waals surface area contributed by atoms with Gasteiger partial charge in [0.25, 0.3) is 5.91 Å². The Morgan fingerprint density at radius 1 is 1.09 bits per heavy atom. The lowest BCUT2D eigenvalue weighted by Gasteiger charge is -2.22. The molecule has 0 saturated heterocycles. The van der Waals surface area contributed by atoms with Gasteiger partial charge in [-0.05, 0) is 43.2 Å². The Kier molecular flexibility index (Phi) is 8.15. The molecule has 180 valence electrons. The van der Waals surface area contributed by atoms with E-state index in [1.807, 2.05) is 37.3 Å². The van der Waals surface area contributed by atoms with Gasteiger partial charge in [0.15, 0.2) is 0 Å². The van der Waals surface area contributed by atoms with Crippen molar-refractivity contribution in [2.45, 2.75) is 52.9 Å². The monoisotopic (exact) mass is 480 g/mol. The second-order valence-corrected chi connectivity index (χ2v) is 9.94. The van der Waals surface area contributed by atoms with E-state index in [0.717, 1.165) is 29.8 Å². The molecule has 0 aliphatic rings. The maximum atomic E-state index is 13.1. The Morgan fingerprint density at radius 2 is 1.82 bits per heavy atom. The summed E-state index contributed by atoms with van der Waals surface area (Å²) in [4.78, 5) is 27.8. The Balaban J connectivity index is 1.87. The summed E-state index contributed by atoms with van der Waals surface area (Å²) in [5.41, 5.74) is 3.08. The number of anilines is 1. The molecule has 0 bridgehead atoms. The van der Waals surface area contributed by atoms with Crippen LogP contribution in [0.25, 0.3) is 5.69 Å². The van der Waals surface area contributed by atoms with E-state index in [1.165, 1.54) is 0 Å². The molecule has 2 amide bonds. The summed E-state index contributed by atoms with van der Waals surface area (Å²) in [6.07, 6.45) is 1.71. The molecule has 0 radical (unpaired) electrons. The molecule has 34 heavy (non-hydrogen) atoms. The third-order valence-electron chi connectivity index (χ3n) is 5.56. The zero-order valence-corrected chi connectivity index (χ0v) is 21.3. The van der Waals surface area contributed by atoms with Gasteiger partial charge in [-0.25, -0.2) is 4.68 Å². The first-order valence-corrected chi connectivity index (χ1v) is 12.0. The standard InChI is InChI=1S/C27H33ClN4O2/c1-6-7-15-31(26(34)20-12-10-13-21(28)16-20)18-25(33)29-24-17-23(27(3,4)5)30-32(24)22-14-9-8-11-19(22)2/h8-14,16-17H,6-7,15,18H2,1-5H3,(H,29,33). The number of aryl methyl sites for hydroxylation is 1. The fourth-order valence-corrected chi connectivity index (χ4v) is 3.77. The number of amides is 2.